The van der Waals surface area contributed by atoms with Crippen LogP contribution in [0.15, 0.2) is 53.4 Å². The van der Waals surface area contributed by atoms with E-state index in [0.717, 1.165) is 5.75 Å². The van der Waals surface area contributed by atoms with Crippen LogP contribution in [0, 0.1) is 6.92 Å². The summed E-state index contributed by atoms with van der Waals surface area (Å²) in [4.78, 5) is 13.5. The topological polar surface area (TPSA) is 38.3 Å². The smallest absolute Gasteiger partial charge is 0.255 e. The summed E-state index contributed by atoms with van der Waals surface area (Å²) < 4.78 is 5.69. The number of hydrogen-bond acceptors (Lipinski definition) is 3. The van der Waals surface area contributed by atoms with Gasteiger partial charge in [0.25, 0.3) is 5.91 Å². The van der Waals surface area contributed by atoms with Crippen LogP contribution in [0.25, 0.3) is 0 Å². The number of amides is 1. The van der Waals surface area contributed by atoms with Gasteiger partial charge in [-0.2, -0.15) is 0 Å². The lowest BCUT2D eigenvalue weighted by molar-refractivity contribution is 0.0950. The van der Waals surface area contributed by atoms with Gasteiger partial charge in [-0.05, 0) is 45.0 Å². The molecule has 0 fully saturated rings. The van der Waals surface area contributed by atoms with Gasteiger partial charge in [0.1, 0.15) is 5.75 Å². The summed E-state index contributed by atoms with van der Waals surface area (Å²) in [5.74, 6) is 1.37. The molecular weight excluding hydrogens is 306 g/mol. The Balaban J connectivity index is 1.84. The number of benzene rings is 2. The van der Waals surface area contributed by atoms with E-state index in [1.807, 2.05) is 32.0 Å². The lowest BCUT2D eigenvalue weighted by Gasteiger charge is -2.14. The van der Waals surface area contributed by atoms with Crippen LogP contribution in [-0.2, 0) is 0 Å². The summed E-state index contributed by atoms with van der Waals surface area (Å²) in [6.45, 7) is 6.60. The van der Waals surface area contributed by atoms with Crippen molar-refractivity contribution in [3.8, 4) is 5.75 Å². The van der Waals surface area contributed by atoms with Crippen LogP contribution < -0.4 is 10.1 Å². The van der Waals surface area contributed by atoms with Gasteiger partial charge in [-0.3, -0.25) is 4.79 Å². The SMILES string of the molecule is Cc1ccc(SCCNC(=O)c2ccccc2OC(C)C)cc1. The molecule has 122 valence electrons. The van der Waals surface area contributed by atoms with E-state index < -0.39 is 0 Å². The van der Waals surface area contributed by atoms with Gasteiger partial charge in [0.15, 0.2) is 0 Å². The van der Waals surface area contributed by atoms with Crippen molar-refractivity contribution in [1.29, 1.82) is 0 Å². The molecule has 2 rings (SSSR count). The second-order valence-corrected chi connectivity index (χ2v) is 6.75. The molecular formula is C19H23NO2S. The van der Waals surface area contributed by atoms with E-state index >= 15 is 0 Å². The first-order valence-corrected chi connectivity index (χ1v) is 8.78. The minimum atomic E-state index is -0.0919. The lowest BCUT2D eigenvalue weighted by Crippen LogP contribution is -2.26. The first-order chi connectivity index (χ1) is 11.1. The molecule has 0 aliphatic heterocycles. The molecule has 0 heterocycles. The Labute approximate surface area is 142 Å². The van der Waals surface area contributed by atoms with E-state index in [0.29, 0.717) is 17.9 Å². The maximum absolute atomic E-state index is 12.3. The Bertz CT molecular complexity index is 638. The predicted molar refractivity (Wildman–Crippen MR) is 96.4 cm³/mol. The molecule has 0 saturated heterocycles. The first-order valence-electron chi connectivity index (χ1n) is 7.79. The van der Waals surface area contributed by atoms with Gasteiger partial charge in [0.05, 0.1) is 11.7 Å². The van der Waals surface area contributed by atoms with Gasteiger partial charge in [-0.15, -0.1) is 11.8 Å². The summed E-state index contributed by atoms with van der Waals surface area (Å²) in [6.07, 6.45) is 0.0426. The number of rotatable bonds is 7. The van der Waals surface area contributed by atoms with Crippen molar-refractivity contribution in [2.45, 2.75) is 31.8 Å². The van der Waals surface area contributed by atoms with Crippen LogP contribution in [-0.4, -0.2) is 24.3 Å². The van der Waals surface area contributed by atoms with Gasteiger partial charge in [-0.1, -0.05) is 29.8 Å². The number of carbonyl (C=O) groups excluding carboxylic acids is 1. The average Bonchev–Trinajstić information content (AvgIpc) is 2.53. The number of nitrogens with one attached hydrogen (secondary N) is 1. The zero-order chi connectivity index (χ0) is 16.7. The molecule has 0 aliphatic rings. The van der Waals surface area contributed by atoms with Crippen molar-refractivity contribution < 1.29 is 9.53 Å². The third-order valence-corrected chi connectivity index (χ3v) is 4.19. The lowest BCUT2D eigenvalue weighted by atomic mass is 10.2. The number of carbonyl (C=O) groups is 1. The zero-order valence-electron chi connectivity index (χ0n) is 13.8. The molecule has 0 radical (unpaired) electrons. The maximum atomic E-state index is 12.3. The summed E-state index contributed by atoms with van der Waals surface area (Å²) >= 11 is 1.74. The minimum Gasteiger partial charge on any atom is -0.490 e. The molecule has 23 heavy (non-hydrogen) atoms. The van der Waals surface area contributed by atoms with E-state index in [1.54, 1.807) is 17.8 Å². The number of hydrogen-bond donors (Lipinski definition) is 1. The van der Waals surface area contributed by atoms with Crippen molar-refractivity contribution in [3.63, 3.8) is 0 Å². The van der Waals surface area contributed by atoms with Crippen LogP contribution in [0.1, 0.15) is 29.8 Å². The molecule has 0 spiro atoms. The third kappa shape index (κ3) is 5.64. The van der Waals surface area contributed by atoms with Crippen LogP contribution in [0.3, 0.4) is 0 Å². The fraction of sp³-hybridized carbons (Fsp3) is 0.316. The van der Waals surface area contributed by atoms with E-state index in [2.05, 4.69) is 36.5 Å². The monoisotopic (exact) mass is 329 g/mol. The molecule has 0 aromatic heterocycles. The highest BCUT2D eigenvalue weighted by Gasteiger charge is 2.12. The Morgan fingerprint density at radius 3 is 2.52 bits per heavy atom. The van der Waals surface area contributed by atoms with Crippen LogP contribution >= 0.6 is 11.8 Å². The van der Waals surface area contributed by atoms with Crippen LogP contribution in [0.5, 0.6) is 5.75 Å². The van der Waals surface area contributed by atoms with Crippen molar-refractivity contribution >= 4 is 17.7 Å². The Hall–Kier alpha value is -1.94. The Kier molecular flexibility index (Phi) is 6.53. The molecule has 0 aliphatic carbocycles. The van der Waals surface area contributed by atoms with Gasteiger partial charge in [0.2, 0.25) is 0 Å². The van der Waals surface area contributed by atoms with Gasteiger partial charge in [0, 0.05) is 17.2 Å². The third-order valence-electron chi connectivity index (χ3n) is 3.17. The van der Waals surface area contributed by atoms with E-state index in [1.165, 1.54) is 10.5 Å². The standard InChI is InChI=1S/C19H23NO2S/c1-14(2)22-18-7-5-4-6-17(18)19(21)20-12-13-23-16-10-8-15(3)9-11-16/h4-11,14H,12-13H2,1-3H3,(H,20,21). The van der Waals surface area contributed by atoms with Crippen molar-refractivity contribution in [2.24, 2.45) is 0 Å². The fourth-order valence-corrected chi connectivity index (χ4v) is 2.84. The quantitative estimate of drug-likeness (QED) is 0.608. The molecule has 4 heteroatoms. The van der Waals surface area contributed by atoms with Crippen molar-refractivity contribution in [2.75, 3.05) is 12.3 Å². The summed E-state index contributed by atoms with van der Waals surface area (Å²) in [6, 6.07) is 15.8. The predicted octanol–water partition coefficient (Wildman–Crippen LogP) is 4.30. The molecule has 3 nitrogen and oxygen atoms in total. The highest BCUT2D eigenvalue weighted by molar-refractivity contribution is 7.99. The van der Waals surface area contributed by atoms with Gasteiger partial charge < -0.3 is 10.1 Å². The first kappa shape index (κ1) is 17.4. The second-order valence-electron chi connectivity index (χ2n) is 5.58. The Morgan fingerprint density at radius 1 is 1.13 bits per heavy atom. The molecule has 2 aromatic rings. The summed E-state index contributed by atoms with van der Waals surface area (Å²) in [7, 11) is 0. The number of aryl methyl sites for hydroxylation is 1. The molecule has 0 saturated carbocycles. The molecule has 2 aromatic carbocycles. The highest BCUT2D eigenvalue weighted by Crippen LogP contribution is 2.20. The van der Waals surface area contributed by atoms with Crippen LogP contribution in [0.2, 0.25) is 0 Å². The summed E-state index contributed by atoms with van der Waals surface area (Å²) in [5.41, 5.74) is 1.84. The van der Waals surface area contributed by atoms with Gasteiger partial charge in [-0.25, -0.2) is 0 Å². The van der Waals surface area contributed by atoms with Crippen LogP contribution in [0.4, 0.5) is 0 Å². The zero-order valence-corrected chi connectivity index (χ0v) is 14.7. The maximum Gasteiger partial charge on any atom is 0.255 e. The number of ether oxygens (including phenoxy) is 1. The van der Waals surface area contributed by atoms with E-state index in [4.69, 9.17) is 4.74 Å². The van der Waals surface area contributed by atoms with Crippen molar-refractivity contribution in [3.05, 3.63) is 59.7 Å². The molecule has 1 N–H and O–H groups in total. The normalized spacial score (nSPS) is 10.6. The van der Waals surface area contributed by atoms with Gasteiger partial charge >= 0.3 is 0 Å². The average molecular weight is 329 g/mol. The van der Waals surface area contributed by atoms with Crippen molar-refractivity contribution in [1.82, 2.24) is 5.32 Å². The second kappa shape index (κ2) is 8.63. The Morgan fingerprint density at radius 2 is 1.83 bits per heavy atom. The van der Waals surface area contributed by atoms with E-state index in [-0.39, 0.29) is 12.0 Å². The largest absolute Gasteiger partial charge is 0.490 e. The number of para-hydroxylation sites is 1. The highest BCUT2D eigenvalue weighted by atomic mass is 32.2. The summed E-state index contributed by atoms with van der Waals surface area (Å²) in [5, 5.41) is 2.95. The minimum absolute atomic E-state index is 0.0426. The number of thioether (sulfide) groups is 1. The fourth-order valence-electron chi connectivity index (χ4n) is 2.07. The molecule has 1 amide bonds. The molecule has 0 unspecified atom stereocenters. The molecule has 0 atom stereocenters. The van der Waals surface area contributed by atoms with E-state index in [9.17, 15) is 4.79 Å². The molecule has 0 bridgehead atoms.